The van der Waals surface area contributed by atoms with E-state index in [4.69, 9.17) is 9.47 Å². The van der Waals surface area contributed by atoms with Gasteiger partial charge in [-0.25, -0.2) is 0 Å². The first-order chi connectivity index (χ1) is 19.5. The van der Waals surface area contributed by atoms with E-state index in [0.29, 0.717) is 61.5 Å². The van der Waals surface area contributed by atoms with Gasteiger partial charge in [-0.2, -0.15) is 5.10 Å². The number of amides is 3. The number of nitrogens with one attached hydrogen (secondary N) is 1. The number of fused-ring (bicyclic) bond motifs is 1. The van der Waals surface area contributed by atoms with Gasteiger partial charge in [0.15, 0.2) is 0 Å². The number of para-hydroxylation sites is 2. The minimum absolute atomic E-state index is 0.0282. The van der Waals surface area contributed by atoms with Crippen molar-refractivity contribution in [1.29, 1.82) is 0 Å². The van der Waals surface area contributed by atoms with Crippen molar-refractivity contribution in [3.05, 3.63) is 84.1 Å². The summed E-state index contributed by atoms with van der Waals surface area (Å²) in [4.78, 5) is 39.2. The molecule has 2 saturated heterocycles. The van der Waals surface area contributed by atoms with Gasteiger partial charge in [-0.3, -0.25) is 24.4 Å². The molecule has 0 radical (unpaired) electrons. The second-order valence-corrected chi connectivity index (χ2v) is 10.2. The summed E-state index contributed by atoms with van der Waals surface area (Å²) in [5, 5.41) is 7.92. The number of ether oxygens (including phenoxy) is 2. The van der Waals surface area contributed by atoms with Crippen molar-refractivity contribution < 1.29 is 23.9 Å². The average molecular weight is 539 g/mol. The normalized spacial score (nSPS) is 18.0. The van der Waals surface area contributed by atoms with E-state index in [1.807, 2.05) is 78.7 Å². The molecule has 9 heteroatoms. The van der Waals surface area contributed by atoms with E-state index < -0.39 is 5.92 Å². The molecule has 2 aliphatic rings. The molecular weight excluding hydrogens is 508 g/mol. The Bertz CT molecular complexity index is 1570. The van der Waals surface area contributed by atoms with Crippen LogP contribution in [0, 0.1) is 0 Å². The summed E-state index contributed by atoms with van der Waals surface area (Å²) in [6.07, 6.45) is 2.07. The zero-order valence-corrected chi connectivity index (χ0v) is 22.2. The molecule has 0 bridgehead atoms. The minimum Gasteiger partial charge on any atom is -0.488 e. The number of rotatable bonds is 6. The number of carbonyl (C=O) groups is 3. The van der Waals surface area contributed by atoms with Crippen LogP contribution in [0.15, 0.2) is 72.8 Å². The van der Waals surface area contributed by atoms with E-state index in [1.165, 1.54) is 0 Å². The van der Waals surface area contributed by atoms with Gasteiger partial charge in [-0.15, -0.1) is 0 Å². The van der Waals surface area contributed by atoms with E-state index in [2.05, 4.69) is 10.4 Å². The van der Waals surface area contributed by atoms with Crippen molar-refractivity contribution in [3.63, 3.8) is 0 Å². The standard InChI is InChI=1S/C31H30N4O5/c1-34-29-24(28(33-34)25-13-14-27(36)32-30(25)37)11-6-12-26(29)40-22-15-17-35(18-16-22)31(38)20-7-5-10-23(19-20)39-21-8-3-2-4-9-21/h2-12,19,22,25H,13-18H2,1H3,(H,32,36,37). The molecule has 204 valence electrons. The highest BCUT2D eigenvalue weighted by atomic mass is 16.5. The van der Waals surface area contributed by atoms with Crippen LogP contribution in [-0.4, -0.2) is 51.6 Å². The lowest BCUT2D eigenvalue weighted by molar-refractivity contribution is -0.134. The third-order valence-electron chi connectivity index (χ3n) is 7.51. The lowest BCUT2D eigenvalue weighted by Crippen LogP contribution is -2.41. The van der Waals surface area contributed by atoms with Crippen LogP contribution in [0.25, 0.3) is 10.9 Å². The van der Waals surface area contributed by atoms with E-state index in [9.17, 15) is 14.4 Å². The minimum atomic E-state index is -0.470. The second kappa shape index (κ2) is 10.8. The third kappa shape index (κ3) is 5.14. The molecule has 1 unspecified atom stereocenters. The van der Waals surface area contributed by atoms with Gasteiger partial charge in [0.05, 0.1) is 11.6 Å². The van der Waals surface area contributed by atoms with Crippen molar-refractivity contribution >= 4 is 28.6 Å². The molecule has 2 fully saturated rings. The summed E-state index contributed by atoms with van der Waals surface area (Å²) < 4.78 is 14.1. The van der Waals surface area contributed by atoms with Gasteiger partial charge in [-0.05, 0) is 42.8 Å². The van der Waals surface area contributed by atoms with Crippen LogP contribution in [0.3, 0.4) is 0 Å². The summed E-state index contributed by atoms with van der Waals surface area (Å²) >= 11 is 0. The predicted molar refractivity (Wildman–Crippen MR) is 148 cm³/mol. The maximum Gasteiger partial charge on any atom is 0.253 e. The number of carbonyl (C=O) groups excluding carboxylic acids is 3. The summed E-state index contributed by atoms with van der Waals surface area (Å²) in [6.45, 7) is 1.16. The lowest BCUT2D eigenvalue weighted by atomic mass is 9.93. The van der Waals surface area contributed by atoms with Crippen LogP contribution in [0.2, 0.25) is 0 Å². The monoisotopic (exact) mass is 538 g/mol. The van der Waals surface area contributed by atoms with Crippen molar-refractivity contribution in [1.82, 2.24) is 20.0 Å². The molecule has 9 nitrogen and oxygen atoms in total. The fourth-order valence-corrected chi connectivity index (χ4v) is 5.49. The molecule has 1 aromatic heterocycles. The van der Waals surface area contributed by atoms with Crippen LogP contribution in [-0.2, 0) is 16.6 Å². The van der Waals surface area contributed by atoms with Gasteiger partial charge in [0.25, 0.3) is 5.91 Å². The first-order valence-electron chi connectivity index (χ1n) is 13.5. The SMILES string of the molecule is Cn1nc(C2CCC(=O)NC2=O)c2cccc(OC3CCN(C(=O)c4cccc(Oc5ccccc5)c4)CC3)c21. The molecule has 6 rings (SSSR count). The molecule has 3 amide bonds. The first kappa shape index (κ1) is 25.6. The summed E-state index contributed by atoms with van der Waals surface area (Å²) in [7, 11) is 1.83. The maximum atomic E-state index is 13.3. The van der Waals surface area contributed by atoms with Crippen LogP contribution in [0.5, 0.6) is 17.2 Å². The Morgan fingerprint density at radius 1 is 0.925 bits per heavy atom. The van der Waals surface area contributed by atoms with E-state index in [0.717, 1.165) is 16.7 Å². The largest absolute Gasteiger partial charge is 0.488 e. The highest BCUT2D eigenvalue weighted by Gasteiger charge is 2.32. The fourth-order valence-electron chi connectivity index (χ4n) is 5.49. The molecule has 1 N–H and O–H groups in total. The number of hydrogen-bond donors (Lipinski definition) is 1. The predicted octanol–water partition coefficient (Wildman–Crippen LogP) is 4.57. The number of piperidine rings is 2. The molecule has 0 saturated carbocycles. The van der Waals surface area contributed by atoms with E-state index in [-0.39, 0.29) is 23.8 Å². The number of benzene rings is 3. The van der Waals surface area contributed by atoms with Gasteiger partial charge in [-0.1, -0.05) is 36.4 Å². The summed E-state index contributed by atoms with van der Waals surface area (Å²) in [5.41, 5.74) is 2.07. The van der Waals surface area contributed by atoms with Gasteiger partial charge in [0.1, 0.15) is 28.9 Å². The van der Waals surface area contributed by atoms with Gasteiger partial charge in [0.2, 0.25) is 11.8 Å². The fraction of sp³-hybridized carbons (Fsp3) is 0.290. The molecule has 0 aliphatic carbocycles. The van der Waals surface area contributed by atoms with Crippen LogP contribution in [0.1, 0.15) is 47.7 Å². The molecule has 1 atom stereocenters. The number of aryl methyl sites for hydroxylation is 1. The number of hydrogen-bond acceptors (Lipinski definition) is 6. The van der Waals surface area contributed by atoms with Crippen molar-refractivity contribution in [3.8, 4) is 17.2 Å². The maximum absolute atomic E-state index is 13.3. The van der Waals surface area contributed by atoms with E-state index in [1.54, 1.807) is 10.7 Å². The Balaban J connectivity index is 1.12. The summed E-state index contributed by atoms with van der Waals surface area (Å²) in [6, 6.07) is 22.5. The molecule has 3 aromatic carbocycles. The Morgan fingerprint density at radius 2 is 1.68 bits per heavy atom. The van der Waals surface area contributed by atoms with Gasteiger partial charge < -0.3 is 14.4 Å². The van der Waals surface area contributed by atoms with Crippen molar-refractivity contribution in [2.75, 3.05) is 13.1 Å². The quantitative estimate of drug-likeness (QED) is 0.361. The van der Waals surface area contributed by atoms with E-state index >= 15 is 0 Å². The van der Waals surface area contributed by atoms with Crippen LogP contribution >= 0.6 is 0 Å². The first-order valence-corrected chi connectivity index (χ1v) is 13.5. The Labute approximate surface area is 231 Å². The van der Waals surface area contributed by atoms with Gasteiger partial charge >= 0.3 is 0 Å². The van der Waals surface area contributed by atoms with Crippen molar-refractivity contribution in [2.45, 2.75) is 37.7 Å². The molecular formula is C31H30N4O5. The third-order valence-corrected chi connectivity index (χ3v) is 7.51. The summed E-state index contributed by atoms with van der Waals surface area (Å²) in [5.74, 6) is 0.984. The smallest absolute Gasteiger partial charge is 0.253 e. The Morgan fingerprint density at radius 3 is 2.45 bits per heavy atom. The molecule has 40 heavy (non-hydrogen) atoms. The van der Waals surface area contributed by atoms with Crippen molar-refractivity contribution in [2.24, 2.45) is 7.05 Å². The Hall–Kier alpha value is -4.66. The second-order valence-electron chi connectivity index (χ2n) is 10.2. The number of imide groups is 1. The molecule has 0 spiro atoms. The highest BCUT2D eigenvalue weighted by Crippen LogP contribution is 2.35. The molecule has 3 heterocycles. The zero-order chi connectivity index (χ0) is 27.6. The lowest BCUT2D eigenvalue weighted by Gasteiger charge is -2.32. The Kier molecular flexibility index (Phi) is 6.94. The van der Waals surface area contributed by atoms with Crippen LogP contribution in [0.4, 0.5) is 0 Å². The van der Waals surface area contributed by atoms with Crippen LogP contribution < -0.4 is 14.8 Å². The number of nitrogens with zero attached hydrogens (tertiary/aromatic N) is 3. The zero-order valence-electron chi connectivity index (χ0n) is 22.2. The number of likely N-dealkylation sites (tertiary alicyclic amines) is 1. The topological polar surface area (TPSA) is 103 Å². The average Bonchev–Trinajstić information content (AvgIpc) is 3.30. The molecule has 2 aliphatic heterocycles. The van der Waals surface area contributed by atoms with Gasteiger partial charge in [0, 0.05) is 50.3 Å². The highest BCUT2D eigenvalue weighted by molar-refractivity contribution is 6.03. The number of aromatic nitrogens is 2. The molecule has 4 aromatic rings.